The fourth-order valence-electron chi connectivity index (χ4n) is 1.28. The van der Waals surface area contributed by atoms with Gasteiger partial charge in [-0.25, -0.2) is 4.79 Å². The van der Waals surface area contributed by atoms with Gasteiger partial charge in [0.25, 0.3) is 0 Å². The van der Waals surface area contributed by atoms with Gasteiger partial charge in [0.1, 0.15) is 0 Å². The Hall–Kier alpha value is -1.88. The predicted molar refractivity (Wildman–Crippen MR) is 59.9 cm³/mol. The first kappa shape index (κ1) is 12.2. The molecule has 0 heterocycles. The molecule has 1 aromatic rings. The lowest BCUT2D eigenvalue weighted by Gasteiger charge is -2.20. The number of amides is 1. The van der Waals surface area contributed by atoms with Crippen LogP contribution in [0.1, 0.15) is 0 Å². The summed E-state index contributed by atoms with van der Waals surface area (Å²) in [6.45, 7) is 0.551. The van der Waals surface area contributed by atoms with Crippen LogP contribution in [0.2, 0.25) is 0 Å². The molecule has 5 heteroatoms. The highest BCUT2D eigenvalue weighted by Gasteiger charge is 2.22. The maximum Gasteiger partial charge on any atom is 0.397 e. The smallest absolute Gasteiger partial charge is 0.397 e. The molecule has 0 radical (unpaired) electrons. The Morgan fingerprint density at radius 1 is 1.31 bits per heavy atom. The Morgan fingerprint density at radius 3 is 2.44 bits per heavy atom. The lowest BCUT2D eigenvalue weighted by molar-refractivity contribution is -0.151. The highest BCUT2D eigenvalue weighted by Crippen LogP contribution is 2.13. The summed E-state index contributed by atoms with van der Waals surface area (Å²) in [5, 5.41) is 0. The molecule has 0 aliphatic rings. The third-order valence-corrected chi connectivity index (χ3v) is 2.03. The normalized spacial score (nSPS) is 9.62. The van der Waals surface area contributed by atoms with Gasteiger partial charge in [-0.05, 0) is 12.1 Å². The number of benzene rings is 1. The van der Waals surface area contributed by atoms with Crippen LogP contribution in [0.15, 0.2) is 30.3 Å². The summed E-state index contributed by atoms with van der Waals surface area (Å²) in [5.74, 6) is -1.60. The molecule has 1 amide bonds. The second kappa shape index (κ2) is 5.87. The standard InChI is InChI=1S/C11H14N2O3/c1-16-11(15)10(14)13(8-7-12)9-5-3-2-4-6-9/h2-6H,7-8,12H2,1H3. The van der Waals surface area contributed by atoms with Gasteiger partial charge >= 0.3 is 11.9 Å². The van der Waals surface area contributed by atoms with Gasteiger partial charge < -0.3 is 15.4 Å². The number of methoxy groups -OCH3 is 1. The van der Waals surface area contributed by atoms with E-state index < -0.39 is 11.9 Å². The van der Waals surface area contributed by atoms with Crippen molar-refractivity contribution in [2.24, 2.45) is 5.73 Å². The molecular weight excluding hydrogens is 208 g/mol. The zero-order valence-corrected chi connectivity index (χ0v) is 9.05. The van der Waals surface area contributed by atoms with Gasteiger partial charge in [0.15, 0.2) is 0 Å². The molecule has 1 aromatic carbocycles. The molecule has 0 saturated heterocycles. The molecule has 5 nitrogen and oxygen atoms in total. The van der Waals surface area contributed by atoms with Crippen LogP contribution in [-0.4, -0.2) is 32.1 Å². The summed E-state index contributed by atoms with van der Waals surface area (Å²) in [7, 11) is 1.17. The van der Waals surface area contributed by atoms with Crippen LogP contribution in [0.4, 0.5) is 5.69 Å². The Labute approximate surface area is 93.8 Å². The van der Waals surface area contributed by atoms with Gasteiger partial charge in [-0.1, -0.05) is 18.2 Å². The Balaban J connectivity index is 2.91. The first-order valence-electron chi connectivity index (χ1n) is 4.85. The molecule has 0 aliphatic carbocycles. The van der Waals surface area contributed by atoms with E-state index in [-0.39, 0.29) is 13.1 Å². The van der Waals surface area contributed by atoms with Crippen molar-refractivity contribution in [1.82, 2.24) is 0 Å². The van der Waals surface area contributed by atoms with Gasteiger partial charge in [0, 0.05) is 18.8 Å². The lowest BCUT2D eigenvalue weighted by atomic mass is 10.3. The Kier molecular flexibility index (Phi) is 4.47. The van der Waals surface area contributed by atoms with Crippen LogP contribution in [0.25, 0.3) is 0 Å². The number of nitrogens with zero attached hydrogens (tertiary/aromatic N) is 1. The number of anilines is 1. The number of hydrogen-bond donors (Lipinski definition) is 1. The number of carbonyl (C=O) groups is 2. The molecule has 0 atom stereocenters. The summed E-state index contributed by atoms with van der Waals surface area (Å²) >= 11 is 0. The molecule has 0 saturated carbocycles. The average molecular weight is 222 g/mol. The maximum absolute atomic E-state index is 11.7. The average Bonchev–Trinajstić information content (AvgIpc) is 2.35. The largest absolute Gasteiger partial charge is 0.462 e. The molecule has 2 N–H and O–H groups in total. The van der Waals surface area contributed by atoms with E-state index in [1.165, 1.54) is 12.0 Å². The number of rotatable bonds is 3. The third kappa shape index (κ3) is 2.80. The minimum atomic E-state index is -0.891. The number of esters is 1. The molecule has 0 fully saturated rings. The van der Waals surface area contributed by atoms with Crippen molar-refractivity contribution in [1.29, 1.82) is 0 Å². The first-order valence-corrected chi connectivity index (χ1v) is 4.85. The number of hydrogen-bond acceptors (Lipinski definition) is 4. The van der Waals surface area contributed by atoms with Crippen LogP contribution in [0, 0.1) is 0 Å². The zero-order valence-electron chi connectivity index (χ0n) is 9.05. The van der Waals surface area contributed by atoms with Crippen LogP contribution >= 0.6 is 0 Å². The lowest BCUT2D eigenvalue weighted by Crippen LogP contribution is -2.40. The predicted octanol–water partition coefficient (Wildman–Crippen LogP) is 0.151. The van der Waals surface area contributed by atoms with Gasteiger partial charge in [-0.3, -0.25) is 4.79 Å². The second-order valence-electron chi connectivity index (χ2n) is 3.07. The van der Waals surface area contributed by atoms with Crippen LogP contribution in [0.3, 0.4) is 0 Å². The molecule has 1 rings (SSSR count). The minimum absolute atomic E-state index is 0.275. The molecule has 0 unspecified atom stereocenters. The van der Waals surface area contributed by atoms with E-state index in [0.29, 0.717) is 5.69 Å². The van der Waals surface area contributed by atoms with E-state index in [4.69, 9.17) is 5.73 Å². The summed E-state index contributed by atoms with van der Waals surface area (Å²) < 4.78 is 4.39. The Morgan fingerprint density at radius 2 is 1.94 bits per heavy atom. The van der Waals surface area contributed by atoms with Crippen LogP contribution < -0.4 is 10.6 Å². The van der Waals surface area contributed by atoms with Gasteiger partial charge in [0.05, 0.1) is 7.11 Å². The molecule has 0 aromatic heterocycles. The fourth-order valence-corrected chi connectivity index (χ4v) is 1.28. The zero-order chi connectivity index (χ0) is 12.0. The highest BCUT2D eigenvalue weighted by atomic mass is 16.5. The molecule has 0 bridgehead atoms. The van der Waals surface area contributed by atoms with Crippen LogP contribution in [-0.2, 0) is 14.3 Å². The van der Waals surface area contributed by atoms with E-state index in [1.807, 2.05) is 6.07 Å². The van der Waals surface area contributed by atoms with E-state index in [0.717, 1.165) is 0 Å². The monoisotopic (exact) mass is 222 g/mol. The summed E-state index contributed by atoms with van der Waals surface area (Å²) in [6.07, 6.45) is 0. The second-order valence-corrected chi connectivity index (χ2v) is 3.07. The summed E-state index contributed by atoms with van der Waals surface area (Å²) in [6, 6.07) is 8.85. The molecule has 0 spiro atoms. The number of carbonyl (C=O) groups excluding carboxylic acids is 2. The van der Waals surface area contributed by atoms with E-state index in [9.17, 15) is 9.59 Å². The number of ether oxygens (including phenoxy) is 1. The number of para-hydroxylation sites is 1. The summed E-state index contributed by atoms with van der Waals surface area (Å²) in [4.78, 5) is 24.1. The van der Waals surface area contributed by atoms with Crippen molar-refractivity contribution in [3.63, 3.8) is 0 Å². The molecule has 0 aliphatic heterocycles. The van der Waals surface area contributed by atoms with Crippen molar-refractivity contribution < 1.29 is 14.3 Å². The number of nitrogens with two attached hydrogens (primary N) is 1. The topological polar surface area (TPSA) is 72.6 Å². The SMILES string of the molecule is COC(=O)C(=O)N(CCN)c1ccccc1. The third-order valence-electron chi connectivity index (χ3n) is 2.03. The maximum atomic E-state index is 11.7. The first-order chi connectivity index (χ1) is 7.70. The molecular formula is C11H14N2O3. The molecule has 86 valence electrons. The quantitative estimate of drug-likeness (QED) is 0.583. The van der Waals surface area contributed by atoms with Gasteiger partial charge in [0.2, 0.25) is 0 Å². The van der Waals surface area contributed by atoms with E-state index in [1.54, 1.807) is 24.3 Å². The van der Waals surface area contributed by atoms with Crippen molar-refractivity contribution in [3.8, 4) is 0 Å². The fraction of sp³-hybridized carbons (Fsp3) is 0.273. The van der Waals surface area contributed by atoms with E-state index in [2.05, 4.69) is 4.74 Å². The Bertz CT molecular complexity index is 365. The summed E-state index contributed by atoms with van der Waals surface area (Å²) in [5.41, 5.74) is 6.03. The van der Waals surface area contributed by atoms with Crippen LogP contribution in [0.5, 0.6) is 0 Å². The van der Waals surface area contributed by atoms with Gasteiger partial charge in [-0.15, -0.1) is 0 Å². The van der Waals surface area contributed by atoms with Gasteiger partial charge in [-0.2, -0.15) is 0 Å². The van der Waals surface area contributed by atoms with Crippen molar-refractivity contribution in [2.45, 2.75) is 0 Å². The van der Waals surface area contributed by atoms with E-state index >= 15 is 0 Å². The molecule has 16 heavy (non-hydrogen) atoms. The minimum Gasteiger partial charge on any atom is -0.462 e. The highest BCUT2D eigenvalue weighted by molar-refractivity contribution is 6.38. The van der Waals surface area contributed by atoms with Crippen molar-refractivity contribution in [3.05, 3.63) is 30.3 Å². The van der Waals surface area contributed by atoms with Crippen molar-refractivity contribution >= 4 is 17.6 Å². The van der Waals surface area contributed by atoms with Crippen molar-refractivity contribution in [2.75, 3.05) is 25.1 Å².